The van der Waals surface area contributed by atoms with Crippen LogP contribution in [0.4, 0.5) is 5.69 Å². The lowest BCUT2D eigenvalue weighted by Crippen LogP contribution is -2.45. The first kappa shape index (κ1) is 18.9. The van der Waals surface area contributed by atoms with Gasteiger partial charge in [0, 0.05) is 18.3 Å². The fourth-order valence-electron chi connectivity index (χ4n) is 2.94. The second-order valence-electron chi connectivity index (χ2n) is 6.10. The van der Waals surface area contributed by atoms with Crippen LogP contribution in [0.1, 0.15) is 32.3 Å². The van der Waals surface area contributed by atoms with Gasteiger partial charge in [-0.25, -0.2) is 0 Å². The highest BCUT2D eigenvalue weighted by Crippen LogP contribution is 2.18. The van der Waals surface area contributed by atoms with Crippen LogP contribution >= 0.6 is 12.4 Å². The molecule has 4 nitrogen and oxygen atoms in total. The quantitative estimate of drug-likeness (QED) is 0.875. The van der Waals surface area contributed by atoms with Crippen molar-refractivity contribution in [1.29, 1.82) is 0 Å². The van der Waals surface area contributed by atoms with Crippen LogP contribution in [0.5, 0.6) is 0 Å². The summed E-state index contributed by atoms with van der Waals surface area (Å²) in [7, 11) is 0. The largest absolute Gasteiger partial charge is 0.328 e. The number of nitrogens with one attached hydrogen (secondary N) is 1. The summed E-state index contributed by atoms with van der Waals surface area (Å²) in [4.78, 5) is 14.4. The third-order valence-electron chi connectivity index (χ3n) is 4.27. The summed E-state index contributed by atoms with van der Waals surface area (Å²) in [6.07, 6.45) is 3.28. The van der Waals surface area contributed by atoms with Gasteiger partial charge >= 0.3 is 0 Å². The topological polar surface area (TPSA) is 58.4 Å². The molecule has 1 heterocycles. The molecule has 1 fully saturated rings. The van der Waals surface area contributed by atoms with Gasteiger partial charge in [-0.05, 0) is 56.3 Å². The number of nitrogens with zero attached hydrogens (tertiary/aromatic N) is 1. The van der Waals surface area contributed by atoms with Gasteiger partial charge in [-0.2, -0.15) is 0 Å². The second-order valence-corrected chi connectivity index (χ2v) is 6.10. The van der Waals surface area contributed by atoms with Crippen LogP contribution in [0.2, 0.25) is 0 Å². The maximum absolute atomic E-state index is 12.2. The second kappa shape index (κ2) is 9.13. The SMILES string of the molecule is CCc1cccc(NC(=O)CN2CCCC(C(C)N)C2)c1.Cl. The molecule has 0 radical (unpaired) electrons. The Morgan fingerprint density at radius 3 is 2.95 bits per heavy atom. The van der Waals surface area contributed by atoms with Crippen LogP contribution in [0, 0.1) is 5.92 Å². The summed E-state index contributed by atoms with van der Waals surface area (Å²) in [6, 6.07) is 8.25. The molecule has 1 aromatic rings. The molecular formula is C17H28ClN3O. The predicted octanol–water partition coefficient (Wildman–Crippen LogP) is 2.67. The number of piperidine rings is 1. The highest BCUT2D eigenvalue weighted by molar-refractivity contribution is 5.92. The van der Waals surface area contributed by atoms with E-state index in [9.17, 15) is 4.79 Å². The minimum atomic E-state index is 0. The third-order valence-corrected chi connectivity index (χ3v) is 4.27. The van der Waals surface area contributed by atoms with E-state index in [0.717, 1.165) is 31.6 Å². The lowest BCUT2D eigenvalue weighted by atomic mass is 9.92. The van der Waals surface area contributed by atoms with E-state index in [1.165, 1.54) is 12.0 Å². The van der Waals surface area contributed by atoms with Crippen LogP contribution in [0.15, 0.2) is 24.3 Å². The van der Waals surface area contributed by atoms with Crippen LogP contribution in [-0.4, -0.2) is 36.5 Å². The molecule has 0 aromatic heterocycles. The number of amides is 1. The average molecular weight is 326 g/mol. The number of likely N-dealkylation sites (tertiary alicyclic amines) is 1. The van der Waals surface area contributed by atoms with Gasteiger partial charge in [0.2, 0.25) is 5.91 Å². The lowest BCUT2D eigenvalue weighted by Gasteiger charge is -2.34. The van der Waals surface area contributed by atoms with Crippen molar-refractivity contribution >= 4 is 24.0 Å². The Bertz CT molecular complexity index is 479. The first-order valence-electron chi connectivity index (χ1n) is 7.95. The molecule has 1 aromatic carbocycles. The minimum absolute atomic E-state index is 0. The Morgan fingerprint density at radius 1 is 1.50 bits per heavy atom. The molecular weight excluding hydrogens is 298 g/mol. The fraction of sp³-hybridized carbons (Fsp3) is 0.588. The predicted molar refractivity (Wildman–Crippen MR) is 94.5 cm³/mol. The number of halogens is 1. The Kier molecular flexibility index (Phi) is 7.87. The van der Waals surface area contributed by atoms with E-state index in [-0.39, 0.29) is 24.4 Å². The fourth-order valence-corrected chi connectivity index (χ4v) is 2.94. The molecule has 0 bridgehead atoms. The van der Waals surface area contributed by atoms with Crippen molar-refractivity contribution in [2.75, 3.05) is 25.0 Å². The van der Waals surface area contributed by atoms with Gasteiger partial charge < -0.3 is 11.1 Å². The third kappa shape index (κ3) is 5.59. The van der Waals surface area contributed by atoms with E-state index in [2.05, 4.69) is 30.1 Å². The molecule has 1 amide bonds. The maximum Gasteiger partial charge on any atom is 0.238 e. The smallest absolute Gasteiger partial charge is 0.238 e. The van der Waals surface area contributed by atoms with Crippen LogP contribution in [0.3, 0.4) is 0 Å². The van der Waals surface area contributed by atoms with Gasteiger partial charge in [0.1, 0.15) is 0 Å². The normalized spacial score (nSPS) is 20.0. The van der Waals surface area contributed by atoms with Crippen LogP contribution in [0.25, 0.3) is 0 Å². The van der Waals surface area contributed by atoms with E-state index in [1.54, 1.807) is 0 Å². The Morgan fingerprint density at radius 2 is 2.27 bits per heavy atom. The average Bonchev–Trinajstić information content (AvgIpc) is 2.47. The van der Waals surface area contributed by atoms with Gasteiger partial charge in [0.05, 0.1) is 6.54 Å². The number of carbonyl (C=O) groups is 1. The molecule has 0 aliphatic carbocycles. The Labute approximate surface area is 139 Å². The maximum atomic E-state index is 12.2. The molecule has 2 atom stereocenters. The highest BCUT2D eigenvalue weighted by atomic mass is 35.5. The van der Waals surface area contributed by atoms with Crippen molar-refractivity contribution in [3.8, 4) is 0 Å². The Balaban J connectivity index is 0.00000242. The standard InChI is InChI=1S/C17H27N3O.ClH/c1-3-14-6-4-8-16(10-14)19-17(21)12-20-9-5-7-15(11-20)13(2)18;/h4,6,8,10,13,15H,3,5,7,9,11-12,18H2,1-2H3,(H,19,21);1H. The number of anilines is 1. The highest BCUT2D eigenvalue weighted by Gasteiger charge is 2.23. The summed E-state index contributed by atoms with van der Waals surface area (Å²) < 4.78 is 0. The zero-order chi connectivity index (χ0) is 15.2. The monoisotopic (exact) mass is 325 g/mol. The number of benzene rings is 1. The molecule has 3 N–H and O–H groups in total. The van der Waals surface area contributed by atoms with Gasteiger partial charge in [0.15, 0.2) is 0 Å². The van der Waals surface area contributed by atoms with Crippen molar-refractivity contribution < 1.29 is 4.79 Å². The molecule has 2 unspecified atom stereocenters. The molecule has 1 aliphatic heterocycles. The number of hydrogen-bond donors (Lipinski definition) is 2. The van der Waals surface area contributed by atoms with E-state index in [0.29, 0.717) is 12.5 Å². The number of hydrogen-bond acceptors (Lipinski definition) is 3. The van der Waals surface area contributed by atoms with Crippen molar-refractivity contribution in [2.24, 2.45) is 11.7 Å². The number of rotatable bonds is 5. The Hall–Kier alpha value is -1.10. The minimum Gasteiger partial charge on any atom is -0.328 e. The zero-order valence-electron chi connectivity index (χ0n) is 13.5. The summed E-state index contributed by atoms with van der Waals surface area (Å²) in [5, 5.41) is 3.00. The molecule has 5 heteroatoms. The molecule has 1 saturated heterocycles. The zero-order valence-corrected chi connectivity index (χ0v) is 14.4. The van der Waals surface area contributed by atoms with E-state index >= 15 is 0 Å². The number of carbonyl (C=O) groups excluding carboxylic acids is 1. The molecule has 0 spiro atoms. The molecule has 2 rings (SSSR count). The van der Waals surface area contributed by atoms with Crippen molar-refractivity contribution in [3.63, 3.8) is 0 Å². The summed E-state index contributed by atoms with van der Waals surface area (Å²) in [5.41, 5.74) is 8.12. The lowest BCUT2D eigenvalue weighted by molar-refractivity contribution is -0.117. The summed E-state index contributed by atoms with van der Waals surface area (Å²) in [5.74, 6) is 0.573. The molecule has 124 valence electrons. The van der Waals surface area contributed by atoms with E-state index in [4.69, 9.17) is 5.73 Å². The van der Waals surface area contributed by atoms with Gasteiger partial charge in [0.25, 0.3) is 0 Å². The summed E-state index contributed by atoms with van der Waals surface area (Å²) >= 11 is 0. The van der Waals surface area contributed by atoms with Crippen molar-refractivity contribution in [1.82, 2.24) is 4.90 Å². The van der Waals surface area contributed by atoms with Crippen molar-refractivity contribution in [3.05, 3.63) is 29.8 Å². The van der Waals surface area contributed by atoms with Gasteiger partial charge in [-0.15, -0.1) is 12.4 Å². The van der Waals surface area contributed by atoms with E-state index < -0.39 is 0 Å². The molecule has 0 saturated carbocycles. The van der Waals surface area contributed by atoms with Crippen LogP contribution < -0.4 is 11.1 Å². The van der Waals surface area contributed by atoms with Crippen LogP contribution in [-0.2, 0) is 11.2 Å². The first-order chi connectivity index (χ1) is 10.1. The number of aryl methyl sites for hydroxylation is 1. The van der Waals surface area contributed by atoms with Gasteiger partial charge in [-0.3, -0.25) is 9.69 Å². The van der Waals surface area contributed by atoms with Crippen molar-refractivity contribution in [2.45, 2.75) is 39.2 Å². The summed E-state index contributed by atoms with van der Waals surface area (Å²) in [6.45, 7) is 6.55. The number of nitrogens with two attached hydrogens (primary N) is 1. The molecule has 1 aliphatic rings. The first-order valence-corrected chi connectivity index (χ1v) is 7.95. The molecule has 22 heavy (non-hydrogen) atoms. The van der Waals surface area contributed by atoms with E-state index in [1.807, 2.05) is 18.2 Å². The van der Waals surface area contributed by atoms with Gasteiger partial charge in [-0.1, -0.05) is 19.1 Å².